The van der Waals surface area contributed by atoms with E-state index in [0.717, 1.165) is 44.7 Å². The van der Waals surface area contributed by atoms with Crippen molar-refractivity contribution in [3.63, 3.8) is 0 Å². The van der Waals surface area contributed by atoms with Crippen LogP contribution in [0, 0.1) is 0 Å². The average Bonchev–Trinajstić information content (AvgIpc) is 3.66. The Labute approximate surface area is 309 Å². The van der Waals surface area contributed by atoms with Crippen molar-refractivity contribution < 1.29 is 41.3 Å². The van der Waals surface area contributed by atoms with Gasteiger partial charge in [-0.1, -0.05) is 96.4 Å². The van der Waals surface area contributed by atoms with Gasteiger partial charge in [0, 0.05) is 27.6 Å². The molecule has 0 spiro atoms. The second-order valence-corrected chi connectivity index (χ2v) is 14.4. The Balaban J connectivity index is 1.34. The second kappa shape index (κ2) is 15.4. The van der Waals surface area contributed by atoms with Crippen LogP contribution in [0.2, 0.25) is 5.02 Å². The predicted molar refractivity (Wildman–Crippen MR) is 199 cm³/mol. The van der Waals surface area contributed by atoms with Crippen LogP contribution in [0.25, 0.3) is 28.3 Å². The summed E-state index contributed by atoms with van der Waals surface area (Å²) in [5.74, 6) is 1.55. The second-order valence-electron chi connectivity index (χ2n) is 11.8. The molecule has 13 heteroatoms. The molecule has 10 nitrogen and oxygen atoms in total. The first-order chi connectivity index (χ1) is 25.2. The quantitative estimate of drug-likeness (QED) is 0.0411. The van der Waals surface area contributed by atoms with E-state index in [4.69, 9.17) is 30.3 Å². The maximum absolute atomic E-state index is 12.3. The molecule has 0 bridgehead atoms. The number of fused-ring (bicyclic) bond motifs is 2. The van der Waals surface area contributed by atoms with Crippen LogP contribution in [-0.4, -0.2) is 18.2 Å². The van der Waals surface area contributed by atoms with E-state index in [1.807, 2.05) is 78.6 Å². The van der Waals surface area contributed by atoms with E-state index in [0.29, 0.717) is 52.3 Å². The van der Waals surface area contributed by atoms with E-state index in [2.05, 4.69) is 27.8 Å². The van der Waals surface area contributed by atoms with Gasteiger partial charge in [0.1, 0.15) is 0 Å². The molecule has 0 amide bonds. The van der Waals surface area contributed by atoms with Gasteiger partial charge in [0.25, 0.3) is 15.6 Å². The highest BCUT2D eigenvalue weighted by Crippen LogP contribution is 2.42. The molecule has 0 radical (unpaired) electrons. The van der Waals surface area contributed by atoms with Crippen LogP contribution < -0.4 is 14.2 Å². The first kappa shape index (κ1) is 35.5. The van der Waals surface area contributed by atoms with Crippen LogP contribution in [0.5, 0.6) is 5.75 Å². The molecule has 5 aromatic carbocycles. The highest BCUT2D eigenvalue weighted by atomic mass is 35.5. The summed E-state index contributed by atoms with van der Waals surface area (Å²) in [4.78, 5) is 2.37. The summed E-state index contributed by atoms with van der Waals surface area (Å²) in [5.41, 5.74) is 6.38. The van der Waals surface area contributed by atoms with Crippen molar-refractivity contribution in [1.29, 1.82) is 0 Å². The van der Waals surface area contributed by atoms with Crippen LogP contribution in [-0.2, 0) is 32.6 Å². The highest BCUT2D eigenvalue weighted by molar-refractivity contribution is 7.94. The van der Waals surface area contributed by atoms with Crippen molar-refractivity contribution in [1.82, 2.24) is 0 Å². The number of hydrogen-bond acceptors (Lipinski definition) is 9. The van der Waals surface area contributed by atoms with E-state index in [1.54, 1.807) is 36.4 Å². The van der Waals surface area contributed by atoms with Gasteiger partial charge in [-0.05, 0) is 65.1 Å². The van der Waals surface area contributed by atoms with Gasteiger partial charge in [-0.15, -0.1) is 4.33 Å². The topological polar surface area (TPSA) is 123 Å². The number of nitrogens with zero attached hydrogens (tertiary/aromatic N) is 2. The predicted octanol–water partition coefficient (Wildman–Crippen LogP) is 9.50. The fraction of sp³-hybridized carbons (Fsp3) is 0.103. The summed E-state index contributed by atoms with van der Waals surface area (Å²) in [5, 5.41) is 13.2. The molecule has 0 fully saturated rings. The monoisotopic (exact) mass is 755 g/mol. The SMILES string of the molecule is CCC(=Cc1oc2ccc(-c3ccccc3)cc2[n+]1Cc1ccccc1SOOO)C=C1Oc2ccc(Cl)cc2N1Cc1ccccc1S(=O)(=O)O. The lowest BCUT2D eigenvalue weighted by molar-refractivity contribution is -0.669. The van der Waals surface area contributed by atoms with Gasteiger partial charge in [0.05, 0.1) is 35.2 Å². The fourth-order valence-electron chi connectivity index (χ4n) is 6.08. The lowest BCUT2D eigenvalue weighted by Gasteiger charge is -2.20. The van der Waals surface area contributed by atoms with Crippen molar-refractivity contribution in [2.45, 2.75) is 36.2 Å². The Hall–Kier alpha value is -4.92. The third-order valence-corrected chi connectivity index (χ3v) is 10.5. The number of rotatable bonds is 12. The maximum atomic E-state index is 12.3. The lowest BCUT2D eigenvalue weighted by atomic mass is 10.1. The molecule has 0 saturated carbocycles. The first-order valence-electron chi connectivity index (χ1n) is 16.2. The van der Waals surface area contributed by atoms with Crippen molar-refractivity contribution in [3.8, 4) is 16.9 Å². The summed E-state index contributed by atoms with van der Waals surface area (Å²) >= 11 is 7.30. The zero-order chi connectivity index (χ0) is 36.2. The summed E-state index contributed by atoms with van der Waals surface area (Å²) in [6.07, 6.45) is 4.41. The van der Waals surface area contributed by atoms with Crippen LogP contribution in [0.15, 0.2) is 147 Å². The summed E-state index contributed by atoms with van der Waals surface area (Å²) in [7, 11) is -4.49. The number of hydrogen-bond donors (Lipinski definition) is 2. The Morgan fingerprint density at radius 2 is 1.67 bits per heavy atom. The summed E-state index contributed by atoms with van der Waals surface area (Å²) < 4.78 is 54.2. The largest absolute Gasteiger partial charge is 0.439 e. The van der Waals surface area contributed by atoms with E-state index in [-0.39, 0.29) is 11.4 Å². The molecule has 1 aliphatic rings. The normalized spacial score (nSPS) is 13.9. The van der Waals surface area contributed by atoms with Crippen molar-refractivity contribution >= 4 is 56.6 Å². The molecule has 0 aliphatic carbocycles. The summed E-state index contributed by atoms with van der Waals surface area (Å²) in [6, 6.07) is 35.3. The molecule has 1 aromatic heterocycles. The fourth-order valence-corrected chi connectivity index (χ4v) is 7.44. The number of halogens is 1. The molecule has 2 N–H and O–H groups in total. The van der Waals surface area contributed by atoms with Gasteiger partial charge in [-0.2, -0.15) is 13.0 Å². The van der Waals surface area contributed by atoms with E-state index in [9.17, 15) is 13.0 Å². The molecule has 6 aromatic rings. The van der Waals surface area contributed by atoms with E-state index < -0.39 is 10.1 Å². The van der Waals surface area contributed by atoms with E-state index in [1.165, 1.54) is 6.07 Å². The van der Waals surface area contributed by atoms with Gasteiger partial charge in [-0.3, -0.25) is 4.55 Å². The van der Waals surface area contributed by atoms with Crippen molar-refractivity contribution in [2.24, 2.45) is 0 Å². The van der Waals surface area contributed by atoms with Gasteiger partial charge in [0.2, 0.25) is 11.5 Å². The summed E-state index contributed by atoms with van der Waals surface area (Å²) in [6.45, 7) is 2.48. The molecule has 0 unspecified atom stereocenters. The van der Waals surface area contributed by atoms with E-state index >= 15 is 0 Å². The molecule has 264 valence electrons. The number of allylic oxidation sites excluding steroid dienone is 2. The van der Waals surface area contributed by atoms with Crippen molar-refractivity contribution in [2.75, 3.05) is 4.90 Å². The minimum Gasteiger partial charge on any atom is -0.439 e. The van der Waals surface area contributed by atoms with Crippen LogP contribution >= 0.6 is 23.6 Å². The Kier molecular flexibility index (Phi) is 10.5. The number of aromatic nitrogens is 1. The third kappa shape index (κ3) is 7.64. The molecule has 0 saturated heterocycles. The lowest BCUT2D eigenvalue weighted by Crippen LogP contribution is -2.36. The molecular formula is C39H32ClN2O8S2+. The third-order valence-electron chi connectivity index (χ3n) is 8.59. The van der Waals surface area contributed by atoms with Crippen LogP contribution in [0.3, 0.4) is 0 Å². The van der Waals surface area contributed by atoms with Gasteiger partial charge >= 0.3 is 5.89 Å². The number of anilines is 1. The van der Waals surface area contributed by atoms with Crippen LogP contribution in [0.4, 0.5) is 5.69 Å². The molecule has 2 heterocycles. The molecule has 7 rings (SSSR count). The number of ether oxygens (including phenoxy) is 1. The first-order valence-corrected chi connectivity index (χ1v) is 18.7. The Morgan fingerprint density at radius 1 is 0.923 bits per heavy atom. The highest BCUT2D eigenvalue weighted by Gasteiger charge is 2.30. The molecular weight excluding hydrogens is 724 g/mol. The maximum Gasteiger partial charge on any atom is 0.374 e. The number of oxazole rings is 1. The standard InChI is InChI=1S/C39H31ClN2O8S2/c1-2-26(21-39-42(33-23-31(40)17-19-35(33)48-39)25-30-13-7-9-15-37(30)52(44,45)46)20-38-41(24-29-12-6-8-14-36(29)51-50-49-43)32-22-28(16-18-34(32)47-38)27-10-4-3-5-11-27/h3-23H,2,24-25H2,1H3,(H-,43,44,45,46)/p+1. The molecule has 0 atom stereocenters. The smallest absolute Gasteiger partial charge is 0.374 e. The number of benzene rings is 5. The zero-order valence-corrected chi connectivity index (χ0v) is 30.1. The van der Waals surface area contributed by atoms with Crippen molar-refractivity contribution in [3.05, 3.63) is 155 Å². The Morgan fingerprint density at radius 3 is 2.44 bits per heavy atom. The molecule has 1 aliphatic heterocycles. The van der Waals surface area contributed by atoms with Gasteiger partial charge in [0.15, 0.2) is 12.3 Å². The average molecular weight is 756 g/mol. The van der Waals surface area contributed by atoms with Gasteiger partial charge < -0.3 is 14.1 Å². The molecule has 52 heavy (non-hydrogen) atoms. The zero-order valence-electron chi connectivity index (χ0n) is 27.7. The minimum atomic E-state index is -4.49. The van der Waals surface area contributed by atoms with Gasteiger partial charge in [-0.25, -0.2) is 5.26 Å². The van der Waals surface area contributed by atoms with Crippen LogP contribution in [0.1, 0.15) is 30.4 Å². The minimum absolute atomic E-state index is 0.0765. The Bertz CT molecular complexity index is 2430.